The normalized spacial score (nSPS) is 10.6. The molecule has 0 unspecified atom stereocenters. The molecular formula is C23H24ClN3O3. The Hall–Kier alpha value is -3.12. The number of hydrogen-bond donors (Lipinski definition) is 2. The van der Waals surface area contributed by atoms with Crippen LogP contribution in [0.25, 0.3) is 11.5 Å². The molecule has 2 N–H and O–H groups in total. The van der Waals surface area contributed by atoms with E-state index < -0.39 is 0 Å². The van der Waals surface area contributed by atoms with Crippen molar-refractivity contribution in [3.05, 3.63) is 70.6 Å². The summed E-state index contributed by atoms with van der Waals surface area (Å²) in [6.07, 6.45) is 2.01. The van der Waals surface area contributed by atoms with Crippen molar-refractivity contribution in [2.24, 2.45) is 0 Å². The highest BCUT2D eigenvalue weighted by Crippen LogP contribution is 2.24. The Labute approximate surface area is 180 Å². The van der Waals surface area contributed by atoms with E-state index in [2.05, 4.69) is 15.6 Å². The molecule has 6 nitrogen and oxygen atoms in total. The van der Waals surface area contributed by atoms with E-state index in [1.54, 1.807) is 12.1 Å². The molecule has 0 saturated carbocycles. The van der Waals surface area contributed by atoms with Crippen LogP contribution in [-0.4, -0.2) is 16.8 Å². The molecule has 0 spiro atoms. The highest BCUT2D eigenvalue weighted by atomic mass is 35.5. The van der Waals surface area contributed by atoms with Gasteiger partial charge in [-0.05, 0) is 55.7 Å². The molecular weight excluding hydrogens is 402 g/mol. The highest BCUT2D eigenvalue weighted by molar-refractivity contribution is 6.30. The molecule has 1 heterocycles. The number of oxazole rings is 1. The predicted molar refractivity (Wildman–Crippen MR) is 117 cm³/mol. The van der Waals surface area contributed by atoms with Crippen LogP contribution in [-0.2, 0) is 22.6 Å². The Kier molecular flexibility index (Phi) is 7.25. The minimum absolute atomic E-state index is 0.0273. The summed E-state index contributed by atoms with van der Waals surface area (Å²) in [5.41, 5.74) is 3.27. The van der Waals surface area contributed by atoms with Crippen molar-refractivity contribution in [1.29, 1.82) is 0 Å². The molecule has 1 aromatic heterocycles. The summed E-state index contributed by atoms with van der Waals surface area (Å²) in [5, 5.41) is 6.35. The summed E-state index contributed by atoms with van der Waals surface area (Å²) >= 11 is 5.88. The SMILES string of the molecule is CC(=O)Nc1cccc(-c2nc(CNC(=O)CCCc3ccc(Cl)cc3)c(C)o2)c1. The van der Waals surface area contributed by atoms with E-state index in [1.165, 1.54) is 6.92 Å². The van der Waals surface area contributed by atoms with Gasteiger partial charge in [-0.1, -0.05) is 29.8 Å². The van der Waals surface area contributed by atoms with Gasteiger partial charge in [0.25, 0.3) is 0 Å². The monoisotopic (exact) mass is 425 g/mol. The van der Waals surface area contributed by atoms with Gasteiger partial charge in [-0.3, -0.25) is 9.59 Å². The fraction of sp³-hybridized carbons (Fsp3) is 0.261. The molecule has 3 rings (SSSR count). The summed E-state index contributed by atoms with van der Waals surface area (Å²) in [6.45, 7) is 3.58. The lowest BCUT2D eigenvalue weighted by Crippen LogP contribution is -2.23. The first-order valence-corrected chi connectivity index (χ1v) is 10.1. The zero-order chi connectivity index (χ0) is 21.5. The van der Waals surface area contributed by atoms with E-state index in [9.17, 15) is 9.59 Å². The van der Waals surface area contributed by atoms with Crippen LogP contribution in [0.5, 0.6) is 0 Å². The number of hydrogen-bond acceptors (Lipinski definition) is 4. The number of aromatic nitrogens is 1. The van der Waals surface area contributed by atoms with Gasteiger partial charge in [0.15, 0.2) is 0 Å². The third-order valence-corrected chi connectivity index (χ3v) is 4.81. The summed E-state index contributed by atoms with van der Waals surface area (Å²) in [5.74, 6) is 0.929. The second-order valence-electron chi connectivity index (χ2n) is 7.04. The van der Waals surface area contributed by atoms with Crippen molar-refractivity contribution in [1.82, 2.24) is 10.3 Å². The molecule has 2 amide bonds. The number of rotatable bonds is 8. The second-order valence-corrected chi connectivity index (χ2v) is 7.48. The first kappa shape index (κ1) is 21.6. The first-order chi connectivity index (χ1) is 14.4. The van der Waals surface area contributed by atoms with Crippen molar-refractivity contribution in [3.63, 3.8) is 0 Å². The van der Waals surface area contributed by atoms with Gasteiger partial charge in [0.05, 0.1) is 6.54 Å². The molecule has 0 atom stereocenters. The number of amides is 2. The number of halogens is 1. The molecule has 30 heavy (non-hydrogen) atoms. The molecule has 0 bridgehead atoms. The van der Waals surface area contributed by atoms with Gasteiger partial charge in [0.1, 0.15) is 11.5 Å². The Bertz CT molecular complexity index is 1030. The molecule has 3 aromatic rings. The van der Waals surface area contributed by atoms with Crippen molar-refractivity contribution in [2.45, 2.75) is 39.7 Å². The first-order valence-electron chi connectivity index (χ1n) is 9.76. The minimum Gasteiger partial charge on any atom is -0.441 e. The number of carbonyl (C=O) groups is 2. The van der Waals surface area contributed by atoms with E-state index in [0.29, 0.717) is 41.0 Å². The van der Waals surface area contributed by atoms with Gasteiger partial charge in [-0.25, -0.2) is 4.98 Å². The average Bonchev–Trinajstić information content (AvgIpc) is 3.08. The highest BCUT2D eigenvalue weighted by Gasteiger charge is 2.13. The zero-order valence-corrected chi connectivity index (χ0v) is 17.8. The van der Waals surface area contributed by atoms with Crippen LogP contribution in [0.4, 0.5) is 5.69 Å². The summed E-state index contributed by atoms with van der Waals surface area (Å²) in [4.78, 5) is 27.9. The van der Waals surface area contributed by atoms with Gasteiger partial charge >= 0.3 is 0 Å². The lowest BCUT2D eigenvalue weighted by atomic mass is 10.1. The van der Waals surface area contributed by atoms with Crippen molar-refractivity contribution in [2.75, 3.05) is 5.32 Å². The molecule has 0 aliphatic carbocycles. The standard InChI is InChI=1S/C23H24ClN3O3/c1-15-21(14-25-22(29)8-3-5-17-9-11-19(24)12-10-17)27-23(30-15)18-6-4-7-20(13-18)26-16(2)28/h4,6-7,9-13H,3,5,8,14H2,1-2H3,(H,25,29)(H,26,28). The molecule has 156 valence electrons. The lowest BCUT2D eigenvalue weighted by Gasteiger charge is -2.04. The maximum absolute atomic E-state index is 12.2. The van der Waals surface area contributed by atoms with Crippen LogP contribution >= 0.6 is 11.6 Å². The number of nitrogens with zero attached hydrogens (tertiary/aromatic N) is 1. The summed E-state index contributed by atoms with van der Waals surface area (Å²) in [7, 11) is 0. The summed E-state index contributed by atoms with van der Waals surface area (Å²) in [6, 6.07) is 14.9. The molecule has 2 aromatic carbocycles. The van der Waals surface area contributed by atoms with Crippen LogP contribution in [0, 0.1) is 6.92 Å². The molecule has 0 aliphatic rings. The van der Waals surface area contributed by atoms with Crippen LogP contribution in [0.15, 0.2) is 52.9 Å². The minimum atomic E-state index is -0.143. The smallest absolute Gasteiger partial charge is 0.226 e. The van der Waals surface area contributed by atoms with E-state index in [-0.39, 0.29) is 11.8 Å². The van der Waals surface area contributed by atoms with E-state index in [1.807, 2.05) is 43.3 Å². The van der Waals surface area contributed by atoms with Crippen LogP contribution in [0.3, 0.4) is 0 Å². The fourth-order valence-electron chi connectivity index (χ4n) is 3.02. The Balaban J connectivity index is 1.52. The maximum atomic E-state index is 12.2. The van der Waals surface area contributed by atoms with Gasteiger partial charge < -0.3 is 15.1 Å². The number of aryl methyl sites for hydroxylation is 2. The third-order valence-electron chi connectivity index (χ3n) is 4.56. The maximum Gasteiger partial charge on any atom is 0.226 e. The van der Waals surface area contributed by atoms with E-state index in [4.69, 9.17) is 16.0 Å². The molecule has 0 saturated heterocycles. The number of benzene rings is 2. The number of carbonyl (C=O) groups excluding carboxylic acids is 2. The second kappa shape index (κ2) is 10.1. The van der Waals surface area contributed by atoms with Gasteiger partial charge in [0.2, 0.25) is 17.7 Å². The topological polar surface area (TPSA) is 84.2 Å². The Morgan fingerprint density at radius 3 is 2.63 bits per heavy atom. The quantitative estimate of drug-likeness (QED) is 0.537. The number of anilines is 1. The fourth-order valence-corrected chi connectivity index (χ4v) is 3.15. The largest absolute Gasteiger partial charge is 0.441 e. The van der Waals surface area contributed by atoms with Crippen LogP contribution in [0.2, 0.25) is 5.02 Å². The zero-order valence-electron chi connectivity index (χ0n) is 17.0. The van der Waals surface area contributed by atoms with Crippen molar-refractivity contribution in [3.8, 4) is 11.5 Å². The van der Waals surface area contributed by atoms with Crippen LogP contribution in [0.1, 0.15) is 36.8 Å². The van der Waals surface area contributed by atoms with Crippen molar-refractivity contribution < 1.29 is 14.0 Å². The van der Waals surface area contributed by atoms with E-state index >= 15 is 0 Å². The van der Waals surface area contributed by atoms with Crippen molar-refractivity contribution >= 4 is 29.1 Å². The molecule has 0 fully saturated rings. The Morgan fingerprint density at radius 2 is 1.90 bits per heavy atom. The average molecular weight is 426 g/mol. The number of nitrogens with one attached hydrogen (secondary N) is 2. The Morgan fingerprint density at radius 1 is 1.13 bits per heavy atom. The summed E-state index contributed by atoms with van der Waals surface area (Å²) < 4.78 is 5.76. The predicted octanol–water partition coefficient (Wildman–Crippen LogP) is 4.90. The van der Waals surface area contributed by atoms with Gasteiger partial charge in [-0.2, -0.15) is 0 Å². The van der Waals surface area contributed by atoms with Crippen LogP contribution < -0.4 is 10.6 Å². The molecule has 7 heteroatoms. The van der Waals surface area contributed by atoms with Gasteiger partial charge in [-0.15, -0.1) is 0 Å². The lowest BCUT2D eigenvalue weighted by molar-refractivity contribution is -0.121. The van der Waals surface area contributed by atoms with Gasteiger partial charge in [0, 0.05) is 29.6 Å². The third kappa shape index (κ3) is 6.19. The van der Waals surface area contributed by atoms with E-state index in [0.717, 1.165) is 24.0 Å². The molecule has 0 radical (unpaired) electrons. The molecule has 0 aliphatic heterocycles.